The molecule has 2 aliphatic heterocycles. The number of imidazole rings is 1. The average Bonchev–Trinajstić information content (AvgIpc) is 3.54. The minimum Gasteiger partial charge on any atom is -0.444 e. The quantitative estimate of drug-likeness (QED) is 0.528. The molecule has 2 fully saturated rings. The predicted molar refractivity (Wildman–Crippen MR) is 134 cm³/mol. The Bertz CT molecular complexity index is 1310. The SMILES string of the molecule is CC(C)(C)OC(=O)N1CCOCC1c1cnc2nc(-c3cc(CC(=O)N4CCCC4)ccc3F)ccn12. The number of likely N-dealkylation sites (tertiary alicyclic amines) is 1. The lowest BCUT2D eigenvalue weighted by Crippen LogP contribution is -2.46. The molecule has 1 atom stereocenters. The molecule has 196 valence electrons. The van der Waals surface area contributed by atoms with E-state index >= 15 is 0 Å². The summed E-state index contributed by atoms with van der Waals surface area (Å²) in [7, 11) is 0. The maximum atomic E-state index is 14.8. The van der Waals surface area contributed by atoms with Crippen molar-refractivity contribution in [3.05, 3.63) is 53.7 Å². The van der Waals surface area contributed by atoms with Crippen molar-refractivity contribution in [2.45, 2.75) is 51.7 Å². The van der Waals surface area contributed by atoms with Gasteiger partial charge in [-0.2, -0.15) is 0 Å². The zero-order valence-corrected chi connectivity index (χ0v) is 21.4. The summed E-state index contributed by atoms with van der Waals surface area (Å²) in [5, 5.41) is 0. The first-order valence-corrected chi connectivity index (χ1v) is 12.7. The molecule has 0 spiro atoms. The highest BCUT2D eigenvalue weighted by molar-refractivity contribution is 5.79. The lowest BCUT2D eigenvalue weighted by molar-refractivity contribution is -0.129. The predicted octanol–water partition coefficient (Wildman–Crippen LogP) is 4.01. The third kappa shape index (κ3) is 5.44. The van der Waals surface area contributed by atoms with Crippen LogP contribution in [0, 0.1) is 5.82 Å². The summed E-state index contributed by atoms with van der Waals surface area (Å²) in [6.07, 6.45) is 5.29. The molecule has 2 amide bonds. The van der Waals surface area contributed by atoms with Crippen molar-refractivity contribution in [1.82, 2.24) is 24.2 Å². The normalized spacial score (nSPS) is 18.4. The molecule has 10 heteroatoms. The maximum Gasteiger partial charge on any atom is 0.411 e. The van der Waals surface area contributed by atoms with Crippen molar-refractivity contribution in [1.29, 1.82) is 0 Å². The van der Waals surface area contributed by atoms with Crippen LogP contribution in [0.1, 0.15) is 50.9 Å². The molecule has 4 heterocycles. The smallest absolute Gasteiger partial charge is 0.411 e. The van der Waals surface area contributed by atoms with Crippen molar-refractivity contribution < 1.29 is 23.5 Å². The number of fused-ring (bicyclic) bond motifs is 1. The number of halogens is 1. The van der Waals surface area contributed by atoms with Gasteiger partial charge in [0.25, 0.3) is 0 Å². The van der Waals surface area contributed by atoms with Gasteiger partial charge in [-0.15, -0.1) is 0 Å². The van der Waals surface area contributed by atoms with Crippen molar-refractivity contribution in [2.75, 3.05) is 32.8 Å². The number of hydrogen-bond acceptors (Lipinski definition) is 6. The molecule has 37 heavy (non-hydrogen) atoms. The topological polar surface area (TPSA) is 89.3 Å². The van der Waals surface area contributed by atoms with Gasteiger partial charge in [-0.05, 0) is 57.4 Å². The van der Waals surface area contributed by atoms with Crippen LogP contribution < -0.4 is 0 Å². The number of morpholine rings is 1. The molecule has 2 aliphatic rings. The third-order valence-electron chi connectivity index (χ3n) is 6.63. The standard InChI is InChI=1S/C27H32FN5O4/c1-27(2,3)37-26(35)33-12-13-36-17-23(33)22-16-29-25-30-21(8-11-32(22)25)19-14-18(6-7-20(19)28)15-24(34)31-9-4-5-10-31/h6-8,11,14,16,23H,4-5,9-10,12-13,15,17H2,1-3H3. The van der Waals surface area contributed by atoms with Crippen LogP contribution in [0.5, 0.6) is 0 Å². The molecule has 0 radical (unpaired) electrons. The minimum atomic E-state index is -0.617. The van der Waals surface area contributed by atoms with Crippen LogP contribution in [0.2, 0.25) is 0 Å². The minimum absolute atomic E-state index is 0.0561. The number of ether oxygens (including phenoxy) is 2. The van der Waals surface area contributed by atoms with Gasteiger partial charge in [0.1, 0.15) is 17.5 Å². The number of benzene rings is 1. The van der Waals surface area contributed by atoms with Gasteiger partial charge < -0.3 is 14.4 Å². The Labute approximate surface area is 215 Å². The van der Waals surface area contributed by atoms with Crippen molar-refractivity contribution in [3.63, 3.8) is 0 Å². The third-order valence-corrected chi connectivity index (χ3v) is 6.63. The zero-order valence-electron chi connectivity index (χ0n) is 21.4. The van der Waals surface area contributed by atoms with Gasteiger partial charge >= 0.3 is 6.09 Å². The van der Waals surface area contributed by atoms with E-state index in [1.807, 2.05) is 25.7 Å². The molecule has 3 aromatic rings. The van der Waals surface area contributed by atoms with Crippen molar-refractivity contribution in [2.24, 2.45) is 0 Å². The van der Waals surface area contributed by atoms with E-state index in [4.69, 9.17) is 9.47 Å². The summed E-state index contributed by atoms with van der Waals surface area (Å²) in [5.41, 5.74) is 1.58. The zero-order chi connectivity index (χ0) is 26.2. The van der Waals surface area contributed by atoms with Crippen LogP contribution in [0.25, 0.3) is 17.0 Å². The van der Waals surface area contributed by atoms with E-state index in [1.54, 1.807) is 39.9 Å². The van der Waals surface area contributed by atoms with Crippen molar-refractivity contribution in [3.8, 4) is 11.3 Å². The molecule has 9 nitrogen and oxygen atoms in total. The van der Waals surface area contributed by atoms with Crippen molar-refractivity contribution >= 4 is 17.8 Å². The van der Waals surface area contributed by atoms with Gasteiger partial charge in [-0.25, -0.2) is 19.2 Å². The first-order valence-electron chi connectivity index (χ1n) is 12.7. The van der Waals surface area contributed by atoms with Crippen LogP contribution in [0.15, 0.2) is 36.7 Å². The molecule has 0 aliphatic carbocycles. The second-order valence-corrected chi connectivity index (χ2v) is 10.5. The summed E-state index contributed by atoms with van der Waals surface area (Å²) in [5.74, 6) is 0.0125. The average molecular weight is 510 g/mol. The van der Waals surface area contributed by atoms with E-state index in [-0.39, 0.29) is 12.3 Å². The Hall–Kier alpha value is -3.53. The fourth-order valence-corrected chi connectivity index (χ4v) is 4.81. The number of nitrogens with zero attached hydrogens (tertiary/aromatic N) is 5. The van der Waals surface area contributed by atoms with Crippen LogP contribution in [-0.4, -0.2) is 74.6 Å². The number of aromatic nitrogens is 3. The van der Waals surface area contributed by atoms with Crippen LogP contribution in [-0.2, 0) is 20.7 Å². The van der Waals surface area contributed by atoms with Gasteiger partial charge in [0.05, 0.1) is 37.2 Å². The van der Waals surface area contributed by atoms with Gasteiger partial charge in [-0.3, -0.25) is 14.1 Å². The molecule has 5 rings (SSSR count). The largest absolute Gasteiger partial charge is 0.444 e. The van der Waals surface area contributed by atoms with E-state index in [9.17, 15) is 14.0 Å². The molecule has 2 saturated heterocycles. The first kappa shape index (κ1) is 25.1. The van der Waals surface area contributed by atoms with Crippen LogP contribution in [0.4, 0.5) is 9.18 Å². The molecular weight excluding hydrogens is 477 g/mol. The molecule has 0 saturated carbocycles. The Morgan fingerprint density at radius 1 is 1.16 bits per heavy atom. The molecule has 1 unspecified atom stereocenters. The van der Waals surface area contributed by atoms with E-state index in [0.717, 1.165) is 37.2 Å². The second-order valence-electron chi connectivity index (χ2n) is 10.5. The molecule has 1 aromatic carbocycles. The van der Waals surface area contributed by atoms with Gasteiger partial charge in [-0.1, -0.05) is 6.07 Å². The highest BCUT2D eigenvalue weighted by Crippen LogP contribution is 2.29. The van der Waals surface area contributed by atoms with Crippen LogP contribution >= 0.6 is 0 Å². The Morgan fingerprint density at radius 2 is 1.95 bits per heavy atom. The molecule has 2 aromatic heterocycles. The summed E-state index contributed by atoms with van der Waals surface area (Å²) in [4.78, 5) is 38.0. The molecule has 0 N–H and O–H groups in total. The maximum absolute atomic E-state index is 14.8. The number of carbonyl (C=O) groups excluding carboxylic acids is 2. The lowest BCUT2D eigenvalue weighted by Gasteiger charge is -2.36. The Balaban J connectivity index is 1.41. The van der Waals surface area contributed by atoms with E-state index in [2.05, 4.69) is 9.97 Å². The summed E-state index contributed by atoms with van der Waals surface area (Å²) < 4.78 is 27.9. The van der Waals surface area contributed by atoms with Gasteiger partial charge in [0, 0.05) is 31.4 Å². The van der Waals surface area contributed by atoms with E-state index in [1.165, 1.54) is 6.07 Å². The highest BCUT2D eigenvalue weighted by Gasteiger charge is 2.34. The monoisotopic (exact) mass is 509 g/mol. The van der Waals surface area contributed by atoms with E-state index < -0.39 is 23.6 Å². The van der Waals surface area contributed by atoms with Gasteiger partial charge in [0.2, 0.25) is 11.7 Å². The fraction of sp³-hybridized carbons (Fsp3) is 0.481. The summed E-state index contributed by atoms with van der Waals surface area (Å²) >= 11 is 0. The highest BCUT2D eigenvalue weighted by atomic mass is 19.1. The number of hydrogen-bond donors (Lipinski definition) is 0. The summed E-state index contributed by atoms with van der Waals surface area (Å²) in [6, 6.07) is 6.02. The lowest BCUT2D eigenvalue weighted by atomic mass is 10.0. The number of rotatable bonds is 4. The van der Waals surface area contributed by atoms with Crippen LogP contribution in [0.3, 0.4) is 0 Å². The molecule has 0 bridgehead atoms. The Morgan fingerprint density at radius 3 is 2.70 bits per heavy atom. The first-order chi connectivity index (χ1) is 17.7. The second kappa shape index (κ2) is 10.1. The van der Waals surface area contributed by atoms with Gasteiger partial charge in [0.15, 0.2) is 0 Å². The number of carbonyl (C=O) groups is 2. The summed E-state index contributed by atoms with van der Waals surface area (Å²) in [6.45, 7) is 8.17. The Kier molecular flexibility index (Phi) is 6.85. The fourth-order valence-electron chi connectivity index (χ4n) is 4.81. The number of amides is 2. The van der Waals surface area contributed by atoms with E-state index in [0.29, 0.717) is 36.8 Å². The molecular formula is C27H32FN5O4.